The van der Waals surface area contributed by atoms with Crippen LogP contribution >= 0.6 is 11.8 Å². The van der Waals surface area contributed by atoms with Crippen LogP contribution in [0.1, 0.15) is 6.42 Å². The molecule has 1 aliphatic heterocycles. The van der Waals surface area contributed by atoms with Gasteiger partial charge in [-0.15, -0.1) is 0 Å². The van der Waals surface area contributed by atoms with Gasteiger partial charge in [-0.05, 0) is 18.6 Å². The highest BCUT2D eigenvalue weighted by Crippen LogP contribution is 2.42. The standard InChI is InChI=1S/C11H14N2O4S2/c14-12-8-11-13(6-3-7-19(15,16)17)9-4-1-2-5-10(9)18-11/h1-2,4-5,8,11,14H,3,6-7H2,(H,15,16,17). The SMILES string of the molecule is O=S(=O)(O)CCCN1c2ccccc2SC1C=NO. The molecule has 1 aromatic carbocycles. The minimum absolute atomic E-state index is 0.163. The monoisotopic (exact) mass is 302 g/mol. The second-order valence-corrected chi connectivity index (χ2v) is 6.80. The number of nitrogens with zero attached hydrogens (tertiary/aromatic N) is 2. The molecular weight excluding hydrogens is 288 g/mol. The molecule has 1 aromatic rings. The Morgan fingerprint density at radius 3 is 2.84 bits per heavy atom. The van der Waals surface area contributed by atoms with Crippen molar-refractivity contribution in [3.63, 3.8) is 0 Å². The number of hydrogen-bond donors (Lipinski definition) is 2. The summed E-state index contributed by atoms with van der Waals surface area (Å²) in [6.45, 7) is 0.459. The number of benzene rings is 1. The van der Waals surface area contributed by atoms with E-state index in [1.807, 2.05) is 29.2 Å². The summed E-state index contributed by atoms with van der Waals surface area (Å²) in [6.07, 6.45) is 1.71. The number of para-hydroxylation sites is 1. The van der Waals surface area contributed by atoms with Crippen molar-refractivity contribution in [1.29, 1.82) is 0 Å². The van der Waals surface area contributed by atoms with Crippen LogP contribution in [0.3, 0.4) is 0 Å². The topological polar surface area (TPSA) is 90.2 Å². The average molecular weight is 302 g/mol. The number of fused-ring (bicyclic) bond motifs is 1. The highest BCUT2D eigenvalue weighted by Gasteiger charge is 2.28. The minimum atomic E-state index is -3.94. The predicted molar refractivity (Wildman–Crippen MR) is 74.7 cm³/mol. The van der Waals surface area contributed by atoms with E-state index in [0.717, 1.165) is 10.6 Å². The van der Waals surface area contributed by atoms with E-state index in [0.29, 0.717) is 13.0 Å². The lowest BCUT2D eigenvalue weighted by Gasteiger charge is -2.23. The largest absolute Gasteiger partial charge is 0.411 e. The molecule has 0 amide bonds. The van der Waals surface area contributed by atoms with Gasteiger partial charge in [0, 0.05) is 11.4 Å². The normalized spacial score (nSPS) is 19.0. The zero-order valence-corrected chi connectivity index (χ0v) is 11.6. The fourth-order valence-electron chi connectivity index (χ4n) is 1.96. The van der Waals surface area contributed by atoms with E-state index < -0.39 is 10.1 Å². The summed E-state index contributed by atoms with van der Waals surface area (Å²) in [5.74, 6) is -0.278. The molecule has 2 N–H and O–H groups in total. The van der Waals surface area contributed by atoms with Gasteiger partial charge in [-0.3, -0.25) is 4.55 Å². The van der Waals surface area contributed by atoms with Gasteiger partial charge in [-0.2, -0.15) is 8.42 Å². The minimum Gasteiger partial charge on any atom is -0.411 e. The molecule has 1 atom stereocenters. The first-order valence-corrected chi connectivity index (χ1v) is 8.15. The summed E-state index contributed by atoms with van der Waals surface area (Å²) >= 11 is 1.53. The van der Waals surface area contributed by atoms with Crippen molar-refractivity contribution in [2.45, 2.75) is 16.7 Å². The van der Waals surface area contributed by atoms with Crippen LogP contribution in [0.5, 0.6) is 0 Å². The number of oxime groups is 1. The molecule has 6 nitrogen and oxygen atoms in total. The molecule has 1 heterocycles. The van der Waals surface area contributed by atoms with Crippen molar-refractivity contribution in [2.75, 3.05) is 17.2 Å². The lowest BCUT2D eigenvalue weighted by Crippen LogP contribution is -2.32. The lowest BCUT2D eigenvalue weighted by molar-refractivity contribution is 0.320. The van der Waals surface area contributed by atoms with Crippen LogP contribution in [0.15, 0.2) is 34.3 Å². The average Bonchev–Trinajstić information content (AvgIpc) is 2.67. The van der Waals surface area contributed by atoms with Crippen molar-refractivity contribution in [3.05, 3.63) is 24.3 Å². The molecule has 0 spiro atoms. The number of thioether (sulfide) groups is 1. The third-order valence-corrected chi connectivity index (χ3v) is 4.75. The van der Waals surface area contributed by atoms with Gasteiger partial charge < -0.3 is 10.1 Å². The smallest absolute Gasteiger partial charge is 0.264 e. The fraction of sp³-hybridized carbons (Fsp3) is 0.364. The molecule has 0 saturated heterocycles. The maximum atomic E-state index is 10.7. The Kier molecular flexibility index (Phi) is 4.33. The van der Waals surface area contributed by atoms with Crippen LogP contribution in [0.25, 0.3) is 0 Å². The Labute approximate surface area is 115 Å². The maximum absolute atomic E-state index is 10.7. The second kappa shape index (κ2) is 5.81. The van der Waals surface area contributed by atoms with Crippen LogP contribution < -0.4 is 4.90 Å². The Bertz CT molecular complexity index is 574. The first-order valence-electron chi connectivity index (χ1n) is 5.66. The van der Waals surface area contributed by atoms with E-state index in [9.17, 15) is 8.42 Å². The molecule has 19 heavy (non-hydrogen) atoms. The molecule has 0 aliphatic carbocycles. The Morgan fingerprint density at radius 2 is 2.16 bits per heavy atom. The zero-order chi connectivity index (χ0) is 13.9. The summed E-state index contributed by atoms with van der Waals surface area (Å²) in [6, 6.07) is 7.70. The van der Waals surface area contributed by atoms with Gasteiger partial charge in [-0.25, -0.2) is 0 Å². The van der Waals surface area contributed by atoms with Gasteiger partial charge in [0.1, 0.15) is 5.37 Å². The summed E-state index contributed by atoms with van der Waals surface area (Å²) in [4.78, 5) is 3.00. The maximum Gasteiger partial charge on any atom is 0.264 e. The van der Waals surface area contributed by atoms with Crippen LogP contribution in [-0.2, 0) is 10.1 Å². The molecule has 8 heteroatoms. The highest BCUT2D eigenvalue weighted by atomic mass is 32.2. The van der Waals surface area contributed by atoms with Gasteiger partial charge in [0.2, 0.25) is 0 Å². The summed E-state index contributed by atoms with van der Waals surface area (Å²) in [5, 5.41) is 11.6. The molecule has 0 saturated carbocycles. The molecule has 1 unspecified atom stereocenters. The molecule has 2 rings (SSSR count). The highest BCUT2D eigenvalue weighted by molar-refractivity contribution is 8.01. The van der Waals surface area contributed by atoms with E-state index in [2.05, 4.69) is 5.16 Å². The van der Waals surface area contributed by atoms with Gasteiger partial charge >= 0.3 is 0 Å². The van der Waals surface area contributed by atoms with E-state index >= 15 is 0 Å². The van der Waals surface area contributed by atoms with E-state index in [1.165, 1.54) is 18.0 Å². The van der Waals surface area contributed by atoms with Crippen LogP contribution in [-0.4, -0.2) is 42.1 Å². The number of hydrogen-bond acceptors (Lipinski definition) is 6. The molecule has 0 aromatic heterocycles. The second-order valence-electron chi connectivity index (χ2n) is 4.07. The van der Waals surface area contributed by atoms with Crippen molar-refractivity contribution in [3.8, 4) is 0 Å². The molecule has 0 fully saturated rings. The van der Waals surface area contributed by atoms with Crippen LogP contribution in [0.4, 0.5) is 5.69 Å². The van der Waals surface area contributed by atoms with E-state index in [1.54, 1.807) is 0 Å². The number of rotatable bonds is 5. The van der Waals surface area contributed by atoms with Gasteiger partial charge in [0.05, 0.1) is 17.7 Å². The molecule has 0 bridgehead atoms. The van der Waals surface area contributed by atoms with Gasteiger partial charge in [0.25, 0.3) is 10.1 Å². The summed E-state index contributed by atoms with van der Waals surface area (Å²) in [5.41, 5.74) is 0.979. The quantitative estimate of drug-likeness (QED) is 0.372. The van der Waals surface area contributed by atoms with E-state index in [-0.39, 0.29) is 11.1 Å². The fourth-order valence-corrected chi connectivity index (χ4v) is 3.64. The van der Waals surface area contributed by atoms with E-state index in [4.69, 9.17) is 9.76 Å². The van der Waals surface area contributed by atoms with Crippen molar-refractivity contribution in [1.82, 2.24) is 0 Å². The Morgan fingerprint density at radius 1 is 1.42 bits per heavy atom. The summed E-state index contributed by atoms with van der Waals surface area (Å²) in [7, 11) is -3.94. The first kappa shape index (κ1) is 14.2. The van der Waals surface area contributed by atoms with Crippen LogP contribution in [0, 0.1) is 0 Å². The third-order valence-electron chi connectivity index (χ3n) is 2.73. The Balaban J connectivity index is 2.11. The summed E-state index contributed by atoms with van der Waals surface area (Å²) < 4.78 is 30.2. The molecule has 0 radical (unpaired) electrons. The number of anilines is 1. The lowest BCUT2D eigenvalue weighted by atomic mass is 10.2. The van der Waals surface area contributed by atoms with Crippen molar-refractivity contribution < 1.29 is 18.2 Å². The zero-order valence-electron chi connectivity index (χ0n) is 10.0. The molecule has 1 aliphatic rings. The van der Waals surface area contributed by atoms with Crippen molar-refractivity contribution >= 4 is 33.8 Å². The van der Waals surface area contributed by atoms with Crippen LogP contribution in [0.2, 0.25) is 0 Å². The molecule has 104 valence electrons. The van der Waals surface area contributed by atoms with Crippen molar-refractivity contribution in [2.24, 2.45) is 5.16 Å². The third kappa shape index (κ3) is 3.62. The van der Waals surface area contributed by atoms with Gasteiger partial charge in [-0.1, -0.05) is 29.1 Å². The predicted octanol–water partition coefficient (Wildman–Crippen LogP) is 1.66. The van der Waals surface area contributed by atoms with Gasteiger partial charge in [0.15, 0.2) is 0 Å². The first-order chi connectivity index (χ1) is 9.01. The Hall–Kier alpha value is -1.25. The molecular formula is C11H14N2O4S2.